The van der Waals surface area contributed by atoms with Crippen molar-refractivity contribution in [1.29, 1.82) is 0 Å². The van der Waals surface area contributed by atoms with Crippen molar-refractivity contribution in [2.45, 2.75) is 89.2 Å². The van der Waals surface area contributed by atoms with Crippen LogP contribution in [0.25, 0.3) is 0 Å². The van der Waals surface area contributed by atoms with Gasteiger partial charge in [-0.1, -0.05) is 62.2 Å². The fourth-order valence-corrected chi connectivity index (χ4v) is 2.28. The molecule has 0 saturated carbocycles. The van der Waals surface area contributed by atoms with Gasteiger partial charge in [-0.25, -0.2) is 0 Å². The molecule has 0 aliphatic heterocycles. The third kappa shape index (κ3) is 6.88. The van der Waals surface area contributed by atoms with Gasteiger partial charge in [0.25, 0.3) is 0 Å². The summed E-state index contributed by atoms with van der Waals surface area (Å²) in [5.74, 6) is 0. The molecule has 104 valence electrons. The molecule has 0 bridgehead atoms. The van der Waals surface area contributed by atoms with E-state index < -0.39 is 9.93 Å². The summed E-state index contributed by atoms with van der Waals surface area (Å²) in [6, 6.07) is 0. The third-order valence-corrected chi connectivity index (χ3v) is 4.29. The van der Waals surface area contributed by atoms with E-state index in [4.69, 9.17) is 27.9 Å². The van der Waals surface area contributed by atoms with Crippen LogP contribution in [0.3, 0.4) is 0 Å². The summed E-state index contributed by atoms with van der Waals surface area (Å²) in [6.45, 7) is 10.2. The fraction of sp³-hybridized carbons (Fsp3) is 1.00. The second-order valence-corrected chi connectivity index (χ2v) is 7.03. The van der Waals surface area contributed by atoms with Gasteiger partial charge in [-0.2, -0.15) is 0 Å². The molecule has 0 N–H and O–H groups in total. The quantitative estimate of drug-likeness (QED) is 0.388. The Bertz CT molecular complexity index is 200. The molecule has 0 aromatic carbocycles. The molecule has 0 aliphatic carbocycles. The van der Waals surface area contributed by atoms with Crippen LogP contribution in [0.15, 0.2) is 0 Å². The van der Waals surface area contributed by atoms with Crippen molar-refractivity contribution in [3.8, 4) is 0 Å². The molecule has 17 heavy (non-hydrogen) atoms. The molecule has 0 fully saturated rings. The van der Waals surface area contributed by atoms with Crippen molar-refractivity contribution in [3.05, 3.63) is 0 Å². The lowest BCUT2D eigenvalue weighted by atomic mass is 9.97. The van der Waals surface area contributed by atoms with Crippen molar-refractivity contribution >= 4 is 23.2 Å². The number of hydrogen-bond donors (Lipinski definition) is 0. The lowest BCUT2D eigenvalue weighted by molar-refractivity contribution is -0.0672. The minimum absolute atomic E-state index is 0.141. The molecule has 1 nitrogen and oxygen atoms in total. The fourth-order valence-electron chi connectivity index (χ4n) is 1.93. The van der Waals surface area contributed by atoms with E-state index in [1.54, 1.807) is 0 Å². The Morgan fingerprint density at radius 2 is 1.53 bits per heavy atom. The van der Waals surface area contributed by atoms with Crippen LogP contribution in [0.5, 0.6) is 0 Å². The smallest absolute Gasteiger partial charge is 0.146 e. The molecule has 0 amide bonds. The van der Waals surface area contributed by atoms with E-state index in [1.165, 1.54) is 25.7 Å². The summed E-state index contributed by atoms with van der Waals surface area (Å²) < 4.78 is 5.01. The average molecular weight is 283 g/mol. The van der Waals surface area contributed by atoms with Gasteiger partial charge in [-0.3, -0.25) is 0 Å². The molecular weight excluding hydrogens is 255 g/mol. The maximum atomic E-state index is 6.43. The van der Waals surface area contributed by atoms with Crippen LogP contribution < -0.4 is 0 Å². The van der Waals surface area contributed by atoms with Crippen molar-refractivity contribution in [3.63, 3.8) is 0 Å². The minimum Gasteiger partial charge on any atom is -0.370 e. The monoisotopic (exact) mass is 282 g/mol. The van der Waals surface area contributed by atoms with E-state index in [-0.39, 0.29) is 6.10 Å². The standard InChI is InChI=1S/C14H28Cl2O/c1-6-7-8-9-10-11-14(15,16)13(4,5)17-12(2)3/h12H,6-11H2,1-5H3. The third-order valence-electron chi connectivity index (χ3n) is 3.01. The maximum absolute atomic E-state index is 6.43. The Balaban J connectivity index is 4.07. The predicted molar refractivity (Wildman–Crippen MR) is 78.1 cm³/mol. The van der Waals surface area contributed by atoms with Gasteiger partial charge in [0, 0.05) is 0 Å². The number of alkyl halides is 2. The maximum Gasteiger partial charge on any atom is 0.146 e. The highest BCUT2D eigenvalue weighted by molar-refractivity contribution is 6.49. The molecule has 0 heterocycles. The first kappa shape index (κ1) is 17.5. The lowest BCUT2D eigenvalue weighted by Crippen LogP contribution is -2.45. The first-order chi connectivity index (χ1) is 7.73. The van der Waals surface area contributed by atoms with Gasteiger partial charge in [0.15, 0.2) is 0 Å². The van der Waals surface area contributed by atoms with E-state index >= 15 is 0 Å². The molecule has 0 aliphatic rings. The molecule has 0 spiro atoms. The zero-order valence-corrected chi connectivity index (χ0v) is 13.5. The van der Waals surface area contributed by atoms with Gasteiger partial charge >= 0.3 is 0 Å². The van der Waals surface area contributed by atoms with Gasteiger partial charge in [0.1, 0.15) is 4.33 Å². The van der Waals surface area contributed by atoms with Crippen LogP contribution in [-0.2, 0) is 4.74 Å². The number of halogens is 2. The van der Waals surface area contributed by atoms with Crippen molar-refractivity contribution in [2.24, 2.45) is 0 Å². The molecule has 0 aromatic rings. The average Bonchev–Trinajstić information content (AvgIpc) is 2.15. The second kappa shape index (κ2) is 7.86. The Hall–Kier alpha value is 0.540. The summed E-state index contributed by atoms with van der Waals surface area (Å²) in [5, 5.41) is 0. The summed E-state index contributed by atoms with van der Waals surface area (Å²) in [4.78, 5) is 0. The number of rotatable bonds is 9. The largest absolute Gasteiger partial charge is 0.370 e. The lowest BCUT2D eigenvalue weighted by Gasteiger charge is -2.38. The van der Waals surface area contributed by atoms with E-state index in [1.807, 2.05) is 27.7 Å². The first-order valence-corrected chi connectivity index (χ1v) is 7.54. The van der Waals surface area contributed by atoms with E-state index in [0.29, 0.717) is 0 Å². The van der Waals surface area contributed by atoms with Gasteiger partial charge in [-0.15, -0.1) is 0 Å². The van der Waals surface area contributed by atoms with E-state index in [2.05, 4.69) is 6.92 Å². The molecular formula is C14H28Cl2O. The molecule has 0 aromatic heterocycles. The van der Waals surface area contributed by atoms with Gasteiger partial charge in [0.05, 0.1) is 11.7 Å². The minimum atomic E-state index is -0.802. The summed E-state index contributed by atoms with van der Waals surface area (Å²) in [5.41, 5.74) is -0.505. The zero-order chi connectivity index (χ0) is 13.5. The highest BCUT2D eigenvalue weighted by Crippen LogP contribution is 2.41. The van der Waals surface area contributed by atoms with Crippen LogP contribution in [0.2, 0.25) is 0 Å². The SMILES string of the molecule is CCCCCCCC(Cl)(Cl)C(C)(C)OC(C)C. The van der Waals surface area contributed by atoms with E-state index in [9.17, 15) is 0 Å². The Morgan fingerprint density at radius 1 is 1.00 bits per heavy atom. The van der Waals surface area contributed by atoms with Crippen LogP contribution >= 0.6 is 23.2 Å². The van der Waals surface area contributed by atoms with Crippen LogP contribution in [-0.4, -0.2) is 16.0 Å². The highest BCUT2D eigenvalue weighted by atomic mass is 35.5. The molecule has 3 heteroatoms. The van der Waals surface area contributed by atoms with Gasteiger partial charge < -0.3 is 4.74 Å². The Labute approximate surface area is 117 Å². The summed E-state index contributed by atoms with van der Waals surface area (Å²) in [6.07, 6.45) is 7.02. The first-order valence-electron chi connectivity index (χ1n) is 6.78. The number of hydrogen-bond acceptors (Lipinski definition) is 1. The van der Waals surface area contributed by atoms with Gasteiger partial charge in [-0.05, 0) is 34.1 Å². The molecule has 0 radical (unpaired) electrons. The molecule has 0 rings (SSSR count). The summed E-state index contributed by atoms with van der Waals surface area (Å²) in [7, 11) is 0. The van der Waals surface area contributed by atoms with Crippen molar-refractivity contribution < 1.29 is 4.74 Å². The van der Waals surface area contributed by atoms with Crippen LogP contribution in [0.4, 0.5) is 0 Å². The van der Waals surface area contributed by atoms with Crippen LogP contribution in [0, 0.1) is 0 Å². The van der Waals surface area contributed by atoms with Crippen molar-refractivity contribution in [2.75, 3.05) is 0 Å². The number of ether oxygens (including phenoxy) is 1. The Kier molecular flexibility index (Phi) is 8.11. The summed E-state index contributed by atoms with van der Waals surface area (Å²) >= 11 is 12.9. The Morgan fingerprint density at radius 3 is 2.00 bits per heavy atom. The molecule has 0 atom stereocenters. The zero-order valence-electron chi connectivity index (χ0n) is 12.0. The second-order valence-electron chi connectivity index (χ2n) is 5.55. The predicted octanol–water partition coefficient (Wildman–Crippen LogP) is 5.72. The van der Waals surface area contributed by atoms with Gasteiger partial charge in [0.2, 0.25) is 0 Å². The highest BCUT2D eigenvalue weighted by Gasteiger charge is 2.43. The molecule has 0 unspecified atom stereocenters. The van der Waals surface area contributed by atoms with Crippen LogP contribution in [0.1, 0.15) is 73.1 Å². The topological polar surface area (TPSA) is 9.23 Å². The normalized spacial score (nSPS) is 13.4. The number of unbranched alkanes of at least 4 members (excludes halogenated alkanes) is 4. The molecule has 0 saturated heterocycles. The van der Waals surface area contributed by atoms with Crippen molar-refractivity contribution in [1.82, 2.24) is 0 Å². The van der Waals surface area contributed by atoms with E-state index in [0.717, 1.165) is 12.8 Å².